The van der Waals surface area contributed by atoms with Crippen molar-refractivity contribution < 1.29 is 0 Å². The summed E-state index contributed by atoms with van der Waals surface area (Å²) in [5, 5.41) is 4.28. The van der Waals surface area contributed by atoms with Gasteiger partial charge in [-0.2, -0.15) is 4.52 Å². The monoisotopic (exact) mass is 323 g/mol. The van der Waals surface area contributed by atoms with Crippen molar-refractivity contribution in [2.24, 2.45) is 0 Å². The van der Waals surface area contributed by atoms with Crippen molar-refractivity contribution in [2.45, 2.75) is 16.0 Å². The number of nitrogens with zero attached hydrogens (tertiary/aromatic N) is 3. The van der Waals surface area contributed by atoms with Crippen molar-refractivity contribution in [3.8, 4) is 0 Å². The third-order valence-corrected chi connectivity index (χ3v) is 5.01. The van der Waals surface area contributed by atoms with Gasteiger partial charge in [0.25, 0.3) is 5.56 Å². The number of alkyl halides is 1. The van der Waals surface area contributed by atoms with Gasteiger partial charge in [0, 0.05) is 11.8 Å². The van der Waals surface area contributed by atoms with E-state index in [0.717, 1.165) is 10.1 Å². The van der Waals surface area contributed by atoms with E-state index in [2.05, 4.69) is 22.2 Å². The summed E-state index contributed by atoms with van der Waals surface area (Å²) >= 11 is 8.72. The normalized spacial score (nSPS) is 11.1. The smallest absolute Gasteiger partial charge is 0.267 e. The van der Waals surface area contributed by atoms with Crippen LogP contribution in [0, 0.1) is 0 Å². The molecular formula is C13H10ClN3OS2. The minimum Gasteiger partial charge on any atom is -0.267 e. The van der Waals surface area contributed by atoms with Crippen LogP contribution in [0.2, 0.25) is 0 Å². The maximum Gasteiger partial charge on any atom is 0.275 e. The summed E-state index contributed by atoms with van der Waals surface area (Å²) in [6, 6.07) is 11.6. The Hall–Kier alpha value is -1.37. The van der Waals surface area contributed by atoms with E-state index in [-0.39, 0.29) is 11.4 Å². The van der Waals surface area contributed by atoms with Crippen molar-refractivity contribution in [1.29, 1.82) is 0 Å². The lowest BCUT2D eigenvalue weighted by molar-refractivity contribution is 0.849. The lowest BCUT2D eigenvalue weighted by Crippen LogP contribution is -2.14. The van der Waals surface area contributed by atoms with E-state index < -0.39 is 0 Å². The quantitative estimate of drug-likeness (QED) is 0.546. The molecule has 7 heteroatoms. The second-order valence-corrected chi connectivity index (χ2v) is 6.50. The molecule has 0 aliphatic rings. The minimum absolute atomic E-state index is 0.187. The highest BCUT2D eigenvalue weighted by Crippen LogP contribution is 2.26. The number of aromatic nitrogens is 3. The Morgan fingerprint density at radius 3 is 2.85 bits per heavy atom. The topological polar surface area (TPSA) is 47.3 Å². The fourth-order valence-corrected chi connectivity index (χ4v) is 3.74. The van der Waals surface area contributed by atoms with Gasteiger partial charge in [-0.25, -0.2) is 4.98 Å². The molecule has 2 aromatic heterocycles. The standard InChI is InChI=1S/C13H10ClN3OS2/c14-7-10-6-11(18)17-12(15-10)20-13(16-17)19-8-9-4-2-1-3-5-9/h1-6H,7-8H2. The molecule has 0 atom stereocenters. The Morgan fingerprint density at radius 2 is 2.10 bits per heavy atom. The van der Waals surface area contributed by atoms with Crippen molar-refractivity contribution in [2.75, 3.05) is 0 Å². The van der Waals surface area contributed by atoms with E-state index in [0.29, 0.717) is 10.7 Å². The molecule has 3 rings (SSSR count). The molecule has 0 N–H and O–H groups in total. The van der Waals surface area contributed by atoms with Crippen LogP contribution in [0.3, 0.4) is 0 Å². The Morgan fingerprint density at radius 1 is 1.30 bits per heavy atom. The summed E-state index contributed by atoms with van der Waals surface area (Å²) in [6.07, 6.45) is 0. The Kier molecular flexibility index (Phi) is 4.05. The van der Waals surface area contributed by atoms with Crippen LogP contribution in [0.4, 0.5) is 0 Å². The number of hydrogen-bond donors (Lipinski definition) is 0. The average Bonchev–Trinajstić information content (AvgIpc) is 2.89. The molecule has 1 aromatic carbocycles. The van der Waals surface area contributed by atoms with Gasteiger partial charge in [0.05, 0.1) is 11.6 Å². The maximum atomic E-state index is 11.8. The van der Waals surface area contributed by atoms with E-state index >= 15 is 0 Å². The van der Waals surface area contributed by atoms with Gasteiger partial charge in [-0.15, -0.1) is 16.7 Å². The molecule has 0 fully saturated rings. The predicted octanol–water partition coefficient (Wildman–Crippen LogP) is 3.18. The van der Waals surface area contributed by atoms with Crippen LogP contribution in [0.5, 0.6) is 0 Å². The Balaban J connectivity index is 1.86. The van der Waals surface area contributed by atoms with Crippen LogP contribution >= 0.6 is 34.7 Å². The molecule has 102 valence electrons. The highest BCUT2D eigenvalue weighted by atomic mass is 35.5. The third-order valence-electron chi connectivity index (χ3n) is 2.62. The fraction of sp³-hybridized carbons (Fsp3) is 0.154. The van der Waals surface area contributed by atoms with E-state index in [1.807, 2.05) is 18.2 Å². The van der Waals surface area contributed by atoms with Gasteiger partial charge < -0.3 is 0 Å². The fourth-order valence-electron chi connectivity index (χ4n) is 1.68. The van der Waals surface area contributed by atoms with Gasteiger partial charge in [0.15, 0.2) is 4.34 Å². The molecule has 4 nitrogen and oxygen atoms in total. The van der Waals surface area contributed by atoms with Gasteiger partial charge >= 0.3 is 0 Å². The average molecular weight is 324 g/mol. The summed E-state index contributed by atoms with van der Waals surface area (Å²) in [4.78, 5) is 16.7. The van der Waals surface area contributed by atoms with E-state index in [4.69, 9.17) is 11.6 Å². The summed E-state index contributed by atoms with van der Waals surface area (Å²) in [6.45, 7) is 0. The van der Waals surface area contributed by atoms with Gasteiger partial charge in [0.1, 0.15) is 0 Å². The van der Waals surface area contributed by atoms with Crippen LogP contribution in [0.25, 0.3) is 4.96 Å². The molecule has 0 aliphatic carbocycles. The lowest BCUT2D eigenvalue weighted by Gasteiger charge is -1.96. The number of thioether (sulfide) groups is 1. The first-order valence-corrected chi connectivity index (χ1v) is 8.22. The SMILES string of the molecule is O=c1cc(CCl)nc2sc(SCc3ccccc3)nn12. The van der Waals surface area contributed by atoms with Crippen molar-refractivity contribution in [3.05, 3.63) is 58.0 Å². The molecule has 0 radical (unpaired) electrons. The second kappa shape index (κ2) is 5.95. The summed E-state index contributed by atoms with van der Waals surface area (Å²) < 4.78 is 2.15. The molecular weight excluding hydrogens is 314 g/mol. The first kappa shape index (κ1) is 13.6. The number of halogens is 1. The van der Waals surface area contributed by atoms with E-state index in [9.17, 15) is 4.79 Å². The Bertz CT molecular complexity index is 785. The van der Waals surface area contributed by atoms with Gasteiger partial charge in [-0.05, 0) is 5.56 Å². The molecule has 20 heavy (non-hydrogen) atoms. The highest BCUT2D eigenvalue weighted by Gasteiger charge is 2.09. The summed E-state index contributed by atoms with van der Waals surface area (Å²) in [7, 11) is 0. The van der Waals surface area contributed by atoms with Crippen LogP contribution < -0.4 is 5.56 Å². The van der Waals surface area contributed by atoms with E-state index in [1.165, 1.54) is 27.5 Å². The predicted molar refractivity (Wildman–Crippen MR) is 82.7 cm³/mol. The summed E-state index contributed by atoms with van der Waals surface area (Å²) in [5.41, 5.74) is 1.62. The zero-order valence-corrected chi connectivity index (χ0v) is 12.7. The Labute approximate surface area is 128 Å². The van der Waals surface area contributed by atoms with Crippen LogP contribution in [0.15, 0.2) is 45.5 Å². The molecule has 0 saturated heterocycles. The number of hydrogen-bond acceptors (Lipinski definition) is 5. The largest absolute Gasteiger partial charge is 0.275 e. The third kappa shape index (κ3) is 2.87. The zero-order valence-electron chi connectivity index (χ0n) is 10.3. The van der Waals surface area contributed by atoms with Crippen molar-refractivity contribution >= 4 is 39.7 Å². The molecule has 0 bridgehead atoms. The number of fused-ring (bicyclic) bond motifs is 1. The van der Waals surface area contributed by atoms with Gasteiger partial charge in [0.2, 0.25) is 4.96 Å². The number of rotatable bonds is 4. The molecule has 0 aliphatic heterocycles. The molecule has 2 heterocycles. The lowest BCUT2D eigenvalue weighted by atomic mass is 10.2. The molecule has 0 saturated carbocycles. The van der Waals surface area contributed by atoms with Crippen molar-refractivity contribution in [3.63, 3.8) is 0 Å². The first-order chi connectivity index (χ1) is 9.76. The first-order valence-electron chi connectivity index (χ1n) is 5.89. The highest BCUT2D eigenvalue weighted by molar-refractivity contribution is 8.00. The van der Waals surface area contributed by atoms with Crippen LogP contribution in [0.1, 0.15) is 11.3 Å². The van der Waals surface area contributed by atoms with Crippen LogP contribution in [-0.2, 0) is 11.6 Å². The van der Waals surface area contributed by atoms with Crippen molar-refractivity contribution in [1.82, 2.24) is 14.6 Å². The second-order valence-electron chi connectivity index (χ2n) is 4.06. The van der Waals surface area contributed by atoms with Crippen LogP contribution in [-0.4, -0.2) is 14.6 Å². The number of benzene rings is 1. The van der Waals surface area contributed by atoms with Gasteiger partial charge in [-0.3, -0.25) is 4.79 Å². The van der Waals surface area contributed by atoms with E-state index in [1.54, 1.807) is 11.8 Å². The molecule has 0 spiro atoms. The molecule has 3 aromatic rings. The maximum absolute atomic E-state index is 11.8. The molecule has 0 unspecified atom stereocenters. The molecule has 0 amide bonds. The summed E-state index contributed by atoms with van der Waals surface area (Å²) in [5.74, 6) is 1.05. The minimum atomic E-state index is -0.187. The zero-order chi connectivity index (χ0) is 13.9. The van der Waals surface area contributed by atoms with Gasteiger partial charge in [-0.1, -0.05) is 53.4 Å².